The van der Waals surface area contributed by atoms with E-state index in [2.05, 4.69) is 46.8 Å². The third-order valence-electron chi connectivity index (χ3n) is 2.40. The highest BCUT2D eigenvalue weighted by molar-refractivity contribution is 9.10. The number of halogens is 2. The molecule has 10 heteroatoms. The van der Waals surface area contributed by atoms with Gasteiger partial charge in [0.1, 0.15) is 0 Å². The Bertz CT molecular complexity index is 694. The molecule has 2 aromatic heterocycles. The van der Waals surface area contributed by atoms with Crippen molar-refractivity contribution in [2.24, 2.45) is 7.05 Å². The fourth-order valence-corrected chi connectivity index (χ4v) is 2.50. The molecule has 2 aromatic rings. The van der Waals surface area contributed by atoms with Crippen LogP contribution in [0.2, 0.25) is 0 Å². The lowest BCUT2D eigenvalue weighted by atomic mass is 10.4. The van der Waals surface area contributed by atoms with E-state index in [1.54, 1.807) is 13.2 Å². The molecule has 0 saturated heterocycles. The van der Waals surface area contributed by atoms with Crippen molar-refractivity contribution in [3.63, 3.8) is 0 Å². The van der Waals surface area contributed by atoms with Gasteiger partial charge in [0.2, 0.25) is 0 Å². The molecule has 0 unspecified atom stereocenters. The molecule has 0 aliphatic heterocycles. The van der Waals surface area contributed by atoms with Crippen LogP contribution in [0.3, 0.4) is 0 Å². The number of esters is 2. The zero-order chi connectivity index (χ0) is 15.6. The van der Waals surface area contributed by atoms with Crippen LogP contribution in [-0.2, 0) is 23.3 Å². The molecular formula is C11H10Br2N4O4. The topological polar surface area (TPSA) is 88.2 Å². The van der Waals surface area contributed by atoms with Crippen molar-refractivity contribution in [1.82, 2.24) is 19.6 Å². The van der Waals surface area contributed by atoms with Gasteiger partial charge in [0.05, 0.1) is 16.1 Å². The predicted molar refractivity (Wildman–Crippen MR) is 77.6 cm³/mol. The summed E-state index contributed by atoms with van der Waals surface area (Å²) in [7, 11) is 2.95. The van der Waals surface area contributed by atoms with Crippen LogP contribution in [0.15, 0.2) is 21.3 Å². The van der Waals surface area contributed by atoms with E-state index in [0.717, 1.165) is 0 Å². The highest BCUT2D eigenvalue weighted by atomic mass is 79.9. The van der Waals surface area contributed by atoms with Gasteiger partial charge in [-0.05, 0) is 31.9 Å². The molecule has 2 heterocycles. The van der Waals surface area contributed by atoms with Crippen LogP contribution in [-0.4, -0.2) is 38.6 Å². The molecule has 0 saturated carbocycles. The third-order valence-corrected chi connectivity index (χ3v) is 3.56. The van der Waals surface area contributed by atoms with Gasteiger partial charge in [0.15, 0.2) is 18.1 Å². The third kappa shape index (κ3) is 3.50. The molecule has 0 N–H and O–H groups in total. The van der Waals surface area contributed by atoms with Crippen molar-refractivity contribution in [3.8, 4) is 0 Å². The molecule has 0 atom stereocenters. The number of aromatic nitrogens is 4. The van der Waals surface area contributed by atoms with Gasteiger partial charge < -0.3 is 9.47 Å². The summed E-state index contributed by atoms with van der Waals surface area (Å²) in [5.74, 6) is -1.19. The Labute approximate surface area is 136 Å². The summed E-state index contributed by atoms with van der Waals surface area (Å²) in [4.78, 5) is 23.3. The molecule has 0 aliphatic rings. The highest BCUT2D eigenvalue weighted by Gasteiger charge is 2.18. The van der Waals surface area contributed by atoms with Crippen LogP contribution in [0.25, 0.3) is 0 Å². The second-order valence-electron chi connectivity index (χ2n) is 3.92. The molecule has 8 nitrogen and oxygen atoms in total. The van der Waals surface area contributed by atoms with E-state index in [9.17, 15) is 9.59 Å². The number of rotatable bonds is 4. The van der Waals surface area contributed by atoms with E-state index in [-0.39, 0.29) is 18.1 Å². The van der Waals surface area contributed by atoms with Gasteiger partial charge in [-0.25, -0.2) is 14.3 Å². The number of methoxy groups -OCH3 is 1. The predicted octanol–water partition coefficient (Wildman–Crippen LogP) is 1.74. The second-order valence-corrected chi connectivity index (χ2v) is 5.63. The zero-order valence-corrected chi connectivity index (χ0v) is 14.2. The summed E-state index contributed by atoms with van der Waals surface area (Å²) in [5.41, 5.74) is 0.268. The van der Waals surface area contributed by atoms with Gasteiger partial charge in [-0.2, -0.15) is 10.2 Å². The first-order valence-corrected chi connectivity index (χ1v) is 7.18. The van der Waals surface area contributed by atoms with Gasteiger partial charge in [-0.1, -0.05) is 0 Å². The normalized spacial score (nSPS) is 10.5. The van der Waals surface area contributed by atoms with E-state index >= 15 is 0 Å². The standard InChI is InChI=1S/C11H10Br2N4O4/c1-16-3-6(12)9(14-16)11(19)21-5-17-4-7(13)8(15-17)10(18)20-2/h3-4H,5H2,1-2H3. The number of carbonyl (C=O) groups excluding carboxylic acids is 2. The minimum absolute atomic E-state index is 0.104. The first-order chi connectivity index (χ1) is 9.92. The molecule has 2 rings (SSSR count). The van der Waals surface area contributed by atoms with E-state index in [4.69, 9.17) is 4.74 Å². The molecule has 0 aromatic carbocycles. The summed E-state index contributed by atoms with van der Waals surface area (Å²) >= 11 is 6.39. The molecule has 0 bridgehead atoms. The summed E-state index contributed by atoms with van der Waals surface area (Å²) in [6.07, 6.45) is 3.14. The Morgan fingerprint density at radius 3 is 2.33 bits per heavy atom. The molecule has 21 heavy (non-hydrogen) atoms. The highest BCUT2D eigenvalue weighted by Crippen LogP contribution is 2.17. The Balaban J connectivity index is 2.05. The molecular weight excluding hydrogens is 412 g/mol. The largest absolute Gasteiger partial charge is 0.464 e. The fraction of sp³-hybridized carbons (Fsp3) is 0.273. The van der Waals surface area contributed by atoms with Gasteiger partial charge in [-0.3, -0.25) is 4.68 Å². The Hall–Kier alpha value is -1.68. The first kappa shape index (κ1) is 15.7. The van der Waals surface area contributed by atoms with Crippen LogP contribution >= 0.6 is 31.9 Å². The fourth-order valence-electron chi connectivity index (χ4n) is 1.49. The number of ether oxygens (including phenoxy) is 2. The number of nitrogens with zero attached hydrogens (tertiary/aromatic N) is 4. The van der Waals surface area contributed by atoms with Crippen molar-refractivity contribution >= 4 is 43.8 Å². The Kier molecular flexibility index (Phi) is 4.78. The molecule has 112 valence electrons. The van der Waals surface area contributed by atoms with Crippen LogP contribution in [0.5, 0.6) is 0 Å². The monoisotopic (exact) mass is 420 g/mol. The maximum absolute atomic E-state index is 11.9. The quantitative estimate of drug-likeness (QED) is 0.698. The average Bonchev–Trinajstić information content (AvgIpc) is 2.97. The lowest BCUT2D eigenvalue weighted by Crippen LogP contribution is -2.12. The molecule has 0 radical (unpaired) electrons. The van der Waals surface area contributed by atoms with Gasteiger partial charge in [-0.15, -0.1) is 0 Å². The Morgan fingerprint density at radius 2 is 1.76 bits per heavy atom. The van der Waals surface area contributed by atoms with E-state index in [1.165, 1.54) is 22.7 Å². The van der Waals surface area contributed by atoms with Gasteiger partial charge in [0.25, 0.3) is 0 Å². The Morgan fingerprint density at radius 1 is 1.14 bits per heavy atom. The number of carbonyl (C=O) groups is 2. The molecule has 0 aliphatic carbocycles. The van der Waals surface area contributed by atoms with Crippen LogP contribution in [0.4, 0.5) is 0 Å². The van der Waals surface area contributed by atoms with Gasteiger partial charge >= 0.3 is 11.9 Å². The number of aryl methyl sites for hydroxylation is 1. The average molecular weight is 422 g/mol. The SMILES string of the molecule is COC(=O)c1nn(COC(=O)c2nn(C)cc2Br)cc1Br. The molecule has 0 spiro atoms. The summed E-state index contributed by atoms with van der Waals surface area (Å²) in [6.45, 7) is -0.155. The van der Waals surface area contributed by atoms with Crippen molar-refractivity contribution in [1.29, 1.82) is 0 Å². The molecule has 0 amide bonds. The van der Waals surface area contributed by atoms with Crippen molar-refractivity contribution in [3.05, 3.63) is 32.7 Å². The van der Waals surface area contributed by atoms with Gasteiger partial charge in [0, 0.05) is 19.4 Å². The van der Waals surface area contributed by atoms with E-state index < -0.39 is 11.9 Å². The lowest BCUT2D eigenvalue weighted by Gasteiger charge is -2.03. The minimum atomic E-state index is -0.603. The summed E-state index contributed by atoms with van der Waals surface area (Å²) in [6, 6.07) is 0. The van der Waals surface area contributed by atoms with E-state index in [1.807, 2.05) is 0 Å². The zero-order valence-electron chi connectivity index (χ0n) is 11.0. The van der Waals surface area contributed by atoms with Crippen molar-refractivity contribution in [2.75, 3.05) is 7.11 Å². The van der Waals surface area contributed by atoms with E-state index in [0.29, 0.717) is 8.95 Å². The second kappa shape index (κ2) is 6.39. The minimum Gasteiger partial charge on any atom is -0.464 e. The maximum atomic E-state index is 11.9. The maximum Gasteiger partial charge on any atom is 0.361 e. The van der Waals surface area contributed by atoms with Crippen molar-refractivity contribution in [2.45, 2.75) is 6.73 Å². The smallest absolute Gasteiger partial charge is 0.361 e. The van der Waals surface area contributed by atoms with Crippen LogP contribution in [0, 0.1) is 0 Å². The number of hydrogen-bond acceptors (Lipinski definition) is 6. The summed E-state index contributed by atoms with van der Waals surface area (Å²) in [5, 5.41) is 7.92. The summed E-state index contributed by atoms with van der Waals surface area (Å²) < 4.78 is 13.4. The van der Waals surface area contributed by atoms with Crippen molar-refractivity contribution < 1.29 is 19.1 Å². The van der Waals surface area contributed by atoms with Crippen LogP contribution in [0.1, 0.15) is 21.0 Å². The lowest BCUT2D eigenvalue weighted by molar-refractivity contribution is 0.0339. The first-order valence-electron chi connectivity index (χ1n) is 5.60. The number of hydrogen-bond donors (Lipinski definition) is 0. The molecule has 0 fully saturated rings. The van der Waals surface area contributed by atoms with Crippen LogP contribution < -0.4 is 0 Å².